The summed E-state index contributed by atoms with van der Waals surface area (Å²) in [5.74, 6) is 2.02. The number of aliphatic hydroxyl groups excluding tert-OH is 1. The number of epoxide rings is 1. The molecule has 1 spiro atoms. The number of fused-ring (bicyclic) bond motifs is 3. The van der Waals surface area contributed by atoms with E-state index in [-0.39, 0.29) is 18.9 Å². The molecule has 3 heterocycles. The van der Waals surface area contributed by atoms with Gasteiger partial charge in [0, 0.05) is 37.0 Å². The van der Waals surface area contributed by atoms with Crippen LogP contribution >= 0.6 is 0 Å². The van der Waals surface area contributed by atoms with Gasteiger partial charge in [0.05, 0.1) is 32.1 Å². The van der Waals surface area contributed by atoms with Crippen LogP contribution in [0.1, 0.15) is 55.8 Å². The number of nitrogens with zero attached hydrogens (tertiary/aromatic N) is 1. The third-order valence-electron chi connectivity index (χ3n) is 6.51. The van der Waals surface area contributed by atoms with Crippen LogP contribution < -0.4 is 4.74 Å². The van der Waals surface area contributed by atoms with Crippen LogP contribution in [-0.4, -0.2) is 48.6 Å². The van der Waals surface area contributed by atoms with Crippen molar-refractivity contribution < 1.29 is 19.0 Å². The summed E-state index contributed by atoms with van der Waals surface area (Å²) in [7, 11) is 0. The smallest absolute Gasteiger partial charge is 0.125 e. The molecule has 0 aliphatic carbocycles. The van der Waals surface area contributed by atoms with Crippen LogP contribution in [0.2, 0.25) is 0 Å². The van der Waals surface area contributed by atoms with Crippen molar-refractivity contribution in [2.45, 2.75) is 57.8 Å². The fourth-order valence-electron chi connectivity index (χ4n) is 5.03. The van der Waals surface area contributed by atoms with Crippen molar-refractivity contribution in [1.29, 1.82) is 0 Å². The molecule has 5 heteroatoms. The normalized spacial score (nSPS) is 29.7. The summed E-state index contributed by atoms with van der Waals surface area (Å²) in [6, 6.07) is 4.57. The second-order valence-electron chi connectivity index (χ2n) is 8.85. The lowest BCUT2D eigenvalue weighted by molar-refractivity contribution is 0.0224. The number of hydrogen-bond donors (Lipinski definition) is 1. The molecule has 0 radical (unpaired) electrons. The number of rotatable bonds is 7. The number of hydrogen-bond acceptors (Lipinski definition) is 4. The summed E-state index contributed by atoms with van der Waals surface area (Å²) in [4.78, 5) is 2.62. The standard InChI is InChI=1S/C22H32FNO3/c1-15(2)8-18-12-24-6-4-16-10-21(26-7-3-5-23)17(13-25)9-19(16)20(24)11-22(18)14-27-22/h9-10,15,18,20,25H,3-8,11-14H2,1-2H3/t18-,20-,22?/m1/s1. The Morgan fingerprint density at radius 3 is 2.89 bits per heavy atom. The number of ether oxygens (including phenoxy) is 2. The molecule has 3 atom stereocenters. The van der Waals surface area contributed by atoms with Crippen LogP contribution in [-0.2, 0) is 17.8 Å². The first-order valence-electron chi connectivity index (χ1n) is 10.4. The van der Waals surface area contributed by atoms with Gasteiger partial charge in [-0.1, -0.05) is 13.8 Å². The van der Waals surface area contributed by atoms with Gasteiger partial charge in [0.1, 0.15) is 5.75 Å². The van der Waals surface area contributed by atoms with Crippen LogP contribution in [0.4, 0.5) is 4.39 Å². The Morgan fingerprint density at radius 2 is 2.22 bits per heavy atom. The molecule has 27 heavy (non-hydrogen) atoms. The molecule has 1 N–H and O–H groups in total. The first-order chi connectivity index (χ1) is 13.1. The highest BCUT2D eigenvalue weighted by Gasteiger charge is 2.57. The quantitative estimate of drug-likeness (QED) is 0.582. The van der Waals surface area contributed by atoms with E-state index in [2.05, 4.69) is 30.9 Å². The van der Waals surface area contributed by atoms with Crippen LogP contribution in [0.5, 0.6) is 5.75 Å². The fourth-order valence-corrected chi connectivity index (χ4v) is 5.03. The van der Waals surface area contributed by atoms with E-state index >= 15 is 0 Å². The minimum absolute atomic E-state index is 0.0530. The maximum atomic E-state index is 12.4. The van der Waals surface area contributed by atoms with Crippen molar-refractivity contribution in [1.82, 2.24) is 4.90 Å². The maximum Gasteiger partial charge on any atom is 0.125 e. The summed E-state index contributed by atoms with van der Waals surface area (Å²) in [5, 5.41) is 9.84. The van der Waals surface area contributed by atoms with Gasteiger partial charge in [0.2, 0.25) is 0 Å². The van der Waals surface area contributed by atoms with Crippen molar-refractivity contribution in [3.63, 3.8) is 0 Å². The van der Waals surface area contributed by atoms with E-state index in [4.69, 9.17) is 9.47 Å². The minimum atomic E-state index is -0.379. The molecule has 1 aromatic carbocycles. The largest absolute Gasteiger partial charge is 0.493 e. The van der Waals surface area contributed by atoms with Crippen LogP contribution in [0.15, 0.2) is 12.1 Å². The average Bonchev–Trinajstić information content (AvgIpc) is 3.42. The van der Waals surface area contributed by atoms with E-state index in [9.17, 15) is 9.50 Å². The molecule has 2 saturated heterocycles. The first-order valence-corrected chi connectivity index (χ1v) is 10.4. The first kappa shape index (κ1) is 19.2. The zero-order valence-corrected chi connectivity index (χ0v) is 16.5. The Morgan fingerprint density at radius 1 is 1.41 bits per heavy atom. The Balaban J connectivity index is 1.58. The molecule has 1 aromatic rings. The Kier molecular flexibility index (Phi) is 5.45. The van der Waals surface area contributed by atoms with Crippen LogP contribution in [0.3, 0.4) is 0 Å². The minimum Gasteiger partial charge on any atom is -0.493 e. The Bertz CT molecular complexity index is 674. The lowest BCUT2D eigenvalue weighted by Crippen LogP contribution is -2.50. The van der Waals surface area contributed by atoms with E-state index in [1.807, 2.05) is 0 Å². The molecule has 4 nitrogen and oxygen atoms in total. The highest BCUT2D eigenvalue weighted by atomic mass is 19.1. The molecule has 150 valence electrons. The van der Waals surface area contributed by atoms with Gasteiger partial charge in [-0.05, 0) is 48.4 Å². The number of aliphatic hydroxyl groups is 1. The van der Waals surface area contributed by atoms with E-state index in [0.29, 0.717) is 36.7 Å². The number of halogens is 1. The van der Waals surface area contributed by atoms with Gasteiger partial charge >= 0.3 is 0 Å². The summed E-state index contributed by atoms with van der Waals surface area (Å²) in [6.07, 6.45) is 3.65. The lowest BCUT2D eigenvalue weighted by atomic mass is 9.74. The fraction of sp³-hybridized carbons (Fsp3) is 0.727. The highest BCUT2D eigenvalue weighted by molar-refractivity contribution is 5.46. The molecule has 0 saturated carbocycles. The SMILES string of the molecule is CC(C)C[C@@H]1CN2CCc3cc(OCCCF)c(CO)cc3[C@H]2CC12CO2. The molecular weight excluding hydrogens is 345 g/mol. The predicted octanol–water partition coefficient (Wildman–Crippen LogP) is 3.65. The summed E-state index contributed by atoms with van der Waals surface area (Å²) >= 11 is 0. The monoisotopic (exact) mass is 377 g/mol. The Hall–Kier alpha value is -1.17. The van der Waals surface area contributed by atoms with Gasteiger partial charge in [-0.2, -0.15) is 0 Å². The summed E-state index contributed by atoms with van der Waals surface area (Å²) in [5.41, 5.74) is 3.50. The summed E-state index contributed by atoms with van der Waals surface area (Å²) < 4.78 is 24.2. The third-order valence-corrected chi connectivity index (χ3v) is 6.51. The Labute approximate surface area is 161 Å². The van der Waals surface area contributed by atoms with Gasteiger partial charge < -0.3 is 14.6 Å². The second kappa shape index (κ2) is 7.69. The van der Waals surface area contributed by atoms with Crippen molar-refractivity contribution in [2.24, 2.45) is 11.8 Å². The van der Waals surface area contributed by atoms with E-state index in [1.165, 1.54) is 17.5 Å². The topological polar surface area (TPSA) is 45.2 Å². The number of benzene rings is 1. The van der Waals surface area contributed by atoms with Crippen molar-refractivity contribution in [3.8, 4) is 5.75 Å². The van der Waals surface area contributed by atoms with E-state index in [1.54, 1.807) is 0 Å². The second-order valence-corrected chi connectivity index (χ2v) is 8.85. The lowest BCUT2D eigenvalue weighted by Gasteiger charge is -2.47. The number of alkyl halides is 1. The highest BCUT2D eigenvalue weighted by Crippen LogP contribution is 2.52. The average molecular weight is 378 g/mol. The molecule has 4 rings (SSSR count). The van der Waals surface area contributed by atoms with Gasteiger partial charge in [-0.25, -0.2) is 0 Å². The molecule has 2 fully saturated rings. The maximum absolute atomic E-state index is 12.4. The molecule has 0 aromatic heterocycles. The number of piperidine rings is 1. The zero-order chi connectivity index (χ0) is 19.0. The van der Waals surface area contributed by atoms with Crippen molar-refractivity contribution in [2.75, 3.05) is 33.0 Å². The molecule has 1 unspecified atom stereocenters. The van der Waals surface area contributed by atoms with Crippen molar-refractivity contribution >= 4 is 0 Å². The predicted molar refractivity (Wildman–Crippen MR) is 103 cm³/mol. The molecule has 3 aliphatic rings. The van der Waals surface area contributed by atoms with Gasteiger partial charge in [-0.3, -0.25) is 9.29 Å². The molecule has 0 bridgehead atoms. The molecule has 3 aliphatic heterocycles. The van der Waals surface area contributed by atoms with Crippen molar-refractivity contribution in [3.05, 3.63) is 28.8 Å². The van der Waals surface area contributed by atoms with Gasteiger partial charge in [0.25, 0.3) is 0 Å². The third kappa shape index (κ3) is 3.74. The molecule has 0 amide bonds. The van der Waals surface area contributed by atoms with Crippen LogP contribution in [0.25, 0.3) is 0 Å². The van der Waals surface area contributed by atoms with E-state index in [0.717, 1.165) is 38.1 Å². The van der Waals surface area contributed by atoms with Gasteiger partial charge in [0.15, 0.2) is 0 Å². The van der Waals surface area contributed by atoms with Crippen LogP contribution in [0, 0.1) is 11.8 Å². The van der Waals surface area contributed by atoms with Gasteiger partial charge in [-0.15, -0.1) is 0 Å². The van der Waals surface area contributed by atoms with E-state index < -0.39 is 0 Å². The molecular formula is C22H32FNO3. The summed E-state index contributed by atoms with van der Waals surface area (Å²) in [6.45, 7) is 7.57. The zero-order valence-electron chi connectivity index (χ0n) is 16.5.